The average molecular weight is 260 g/mol. The molecule has 0 saturated carbocycles. The van der Waals surface area contributed by atoms with Gasteiger partial charge in [-0.3, -0.25) is 4.79 Å². The standard InChI is InChI=1S/C16H24N2O/c1-12(19)13-5-7-15(8-6-13)18-10-9-14(11-17-4)16(18,2)3/h5-8,14,17H,9-11H2,1-4H3. The minimum atomic E-state index is 0.125. The van der Waals surface area contributed by atoms with Gasteiger partial charge in [0, 0.05) is 23.3 Å². The van der Waals surface area contributed by atoms with Crippen LogP contribution >= 0.6 is 0 Å². The lowest BCUT2D eigenvalue weighted by atomic mass is 9.88. The first-order chi connectivity index (χ1) is 8.96. The van der Waals surface area contributed by atoms with E-state index in [1.165, 1.54) is 12.1 Å². The van der Waals surface area contributed by atoms with E-state index in [1.54, 1.807) is 6.92 Å². The number of anilines is 1. The topological polar surface area (TPSA) is 32.3 Å². The van der Waals surface area contributed by atoms with Gasteiger partial charge in [-0.2, -0.15) is 0 Å². The number of benzene rings is 1. The summed E-state index contributed by atoms with van der Waals surface area (Å²) in [5.74, 6) is 0.783. The molecule has 1 atom stereocenters. The molecule has 3 nitrogen and oxygen atoms in total. The van der Waals surface area contributed by atoms with E-state index in [2.05, 4.69) is 36.2 Å². The summed E-state index contributed by atoms with van der Waals surface area (Å²) in [4.78, 5) is 13.8. The van der Waals surface area contributed by atoms with Crippen molar-refractivity contribution in [3.8, 4) is 0 Å². The predicted octanol–water partition coefficient (Wildman–Crippen LogP) is 2.71. The summed E-state index contributed by atoms with van der Waals surface area (Å²) >= 11 is 0. The van der Waals surface area contributed by atoms with Gasteiger partial charge in [-0.05, 0) is 71.0 Å². The third-order valence-electron chi connectivity index (χ3n) is 4.43. The number of carbonyl (C=O) groups is 1. The van der Waals surface area contributed by atoms with Crippen molar-refractivity contribution in [3.05, 3.63) is 29.8 Å². The van der Waals surface area contributed by atoms with Gasteiger partial charge in [-0.25, -0.2) is 0 Å². The lowest BCUT2D eigenvalue weighted by Crippen LogP contribution is -2.45. The summed E-state index contributed by atoms with van der Waals surface area (Å²) in [5, 5.41) is 3.29. The highest BCUT2D eigenvalue weighted by Gasteiger charge is 2.40. The second-order valence-corrected chi connectivity index (χ2v) is 5.95. The molecule has 0 aliphatic carbocycles. The average Bonchev–Trinajstić information content (AvgIpc) is 2.66. The maximum Gasteiger partial charge on any atom is 0.159 e. The van der Waals surface area contributed by atoms with E-state index >= 15 is 0 Å². The van der Waals surface area contributed by atoms with Gasteiger partial charge in [0.05, 0.1) is 0 Å². The summed E-state index contributed by atoms with van der Waals surface area (Å²) in [5.41, 5.74) is 2.15. The Morgan fingerprint density at radius 1 is 1.37 bits per heavy atom. The molecule has 0 spiro atoms. The summed E-state index contributed by atoms with van der Waals surface area (Å²) < 4.78 is 0. The largest absolute Gasteiger partial charge is 0.366 e. The maximum atomic E-state index is 11.3. The van der Waals surface area contributed by atoms with Crippen LogP contribution in [0.25, 0.3) is 0 Å². The second-order valence-electron chi connectivity index (χ2n) is 5.95. The van der Waals surface area contributed by atoms with Crippen molar-refractivity contribution in [2.75, 3.05) is 25.0 Å². The minimum Gasteiger partial charge on any atom is -0.366 e. The zero-order valence-corrected chi connectivity index (χ0v) is 12.4. The molecule has 3 heteroatoms. The van der Waals surface area contributed by atoms with Gasteiger partial charge in [-0.15, -0.1) is 0 Å². The molecule has 1 aromatic carbocycles. The lowest BCUT2D eigenvalue weighted by Gasteiger charge is -2.38. The van der Waals surface area contributed by atoms with Gasteiger partial charge in [-0.1, -0.05) is 0 Å². The predicted molar refractivity (Wildman–Crippen MR) is 79.9 cm³/mol. The van der Waals surface area contributed by atoms with Crippen LogP contribution in [0.4, 0.5) is 5.69 Å². The Kier molecular flexibility index (Phi) is 3.95. The Morgan fingerprint density at radius 3 is 2.53 bits per heavy atom. The fourth-order valence-electron chi connectivity index (χ4n) is 3.08. The van der Waals surface area contributed by atoms with E-state index in [0.29, 0.717) is 5.92 Å². The highest BCUT2D eigenvalue weighted by Crippen LogP contribution is 2.37. The van der Waals surface area contributed by atoms with Crippen LogP contribution in [-0.4, -0.2) is 31.5 Å². The normalized spacial score (nSPS) is 21.7. The van der Waals surface area contributed by atoms with Crippen LogP contribution in [-0.2, 0) is 0 Å². The van der Waals surface area contributed by atoms with E-state index in [-0.39, 0.29) is 11.3 Å². The first-order valence-corrected chi connectivity index (χ1v) is 7.00. The van der Waals surface area contributed by atoms with Crippen LogP contribution in [0, 0.1) is 5.92 Å². The number of Topliss-reactive ketones (excluding diaryl/α,β-unsaturated/α-hetero) is 1. The van der Waals surface area contributed by atoms with E-state index in [0.717, 1.165) is 18.7 Å². The van der Waals surface area contributed by atoms with Crippen molar-refractivity contribution in [3.63, 3.8) is 0 Å². The minimum absolute atomic E-state index is 0.125. The number of hydrogen-bond acceptors (Lipinski definition) is 3. The van der Waals surface area contributed by atoms with Crippen LogP contribution < -0.4 is 10.2 Å². The molecule has 1 heterocycles. The molecule has 19 heavy (non-hydrogen) atoms. The Labute approximate surface area is 116 Å². The van der Waals surface area contributed by atoms with Crippen molar-refractivity contribution in [1.82, 2.24) is 5.32 Å². The number of nitrogens with one attached hydrogen (secondary N) is 1. The van der Waals surface area contributed by atoms with E-state index in [9.17, 15) is 4.79 Å². The van der Waals surface area contributed by atoms with Crippen LogP contribution in [0.2, 0.25) is 0 Å². The Hall–Kier alpha value is -1.35. The van der Waals surface area contributed by atoms with Crippen LogP contribution in [0.1, 0.15) is 37.6 Å². The fraction of sp³-hybridized carbons (Fsp3) is 0.562. The Balaban J connectivity index is 2.20. The van der Waals surface area contributed by atoms with Crippen molar-refractivity contribution in [2.45, 2.75) is 32.7 Å². The maximum absolute atomic E-state index is 11.3. The third-order valence-corrected chi connectivity index (χ3v) is 4.43. The summed E-state index contributed by atoms with van der Waals surface area (Å²) in [6.45, 7) is 8.35. The quantitative estimate of drug-likeness (QED) is 0.845. The van der Waals surface area contributed by atoms with Crippen molar-refractivity contribution in [2.24, 2.45) is 5.92 Å². The molecule has 0 aromatic heterocycles. The first kappa shape index (κ1) is 14.1. The summed E-state index contributed by atoms with van der Waals surface area (Å²) in [7, 11) is 2.01. The molecule has 104 valence electrons. The Morgan fingerprint density at radius 2 is 2.00 bits per heavy atom. The van der Waals surface area contributed by atoms with Crippen molar-refractivity contribution >= 4 is 11.5 Å². The first-order valence-electron chi connectivity index (χ1n) is 7.00. The van der Waals surface area contributed by atoms with Crippen LogP contribution in [0.5, 0.6) is 0 Å². The van der Waals surface area contributed by atoms with E-state index in [4.69, 9.17) is 0 Å². The zero-order chi connectivity index (χ0) is 14.0. The van der Waals surface area contributed by atoms with Crippen LogP contribution in [0.3, 0.4) is 0 Å². The molecule has 1 unspecified atom stereocenters. The monoisotopic (exact) mass is 260 g/mol. The molecular weight excluding hydrogens is 236 g/mol. The van der Waals surface area contributed by atoms with Crippen molar-refractivity contribution in [1.29, 1.82) is 0 Å². The molecule has 0 radical (unpaired) electrons. The third kappa shape index (κ3) is 2.66. The zero-order valence-electron chi connectivity index (χ0n) is 12.4. The van der Waals surface area contributed by atoms with Crippen LogP contribution in [0.15, 0.2) is 24.3 Å². The Bertz CT molecular complexity index is 450. The molecule has 1 N–H and O–H groups in total. The number of hydrogen-bond donors (Lipinski definition) is 1. The molecular formula is C16H24N2O. The fourth-order valence-corrected chi connectivity index (χ4v) is 3.08. The van der Waals surface area contributed by atoms with Crippen molar-refractivity contribution < 1.29 is 4.79 Å². The number of nitrogens with zero attached hydrogens (tertiary/aromatic N) is 1. The summed E-state index contributed by atoms with van der Waals surface area (Å²) in [6.07, 6.45) is 1.21. The molecule has 1 fully saturated rings. The molecule has 1 aromatic rings. The van der Waals surface area contributed by atoms with E-state index in [1.807, 2.05) is 19.2 Å². The van der Waals surface area contributed by atoms with Gasteiger partial charge in [0.2, 0.25) is 0 Å². The smallest absolute Gasteiger partial charge is 0.159 e. The molecule has 1 saturated heterocycles. The second kappa shape index (κ2) is 5.33. The molecule has 0 amide bonds. The molecule has 0 bridgehead atoms. The van der Waals surface area contributed by atoms with Gasteiger partial charge in [0.1, 0.15) is 0 Å². The highest BCUT2D eigenvalue weighted by atomic mass is 16.1. The SMILES string of the molecule is CNCC1CCN(c2ccc(C(C)=O)cc2)C1(C)C. The number of rotatable bonds is 4. The number of ketones is 1. The lowest BCUT2D eigenvalue weighted by molar-refractivity contribution is 0.101. The molecule has 1 aliphatic rings. The highest BCUT2D eigenvalue weighted by molar-refractivity contribution is 5.94. The molecule has 2 rings (SSSR count). The van der Waals surface area contributed by atoms with E-state index < -0.39 is 0 Å². The van der Waals surface area contributed by atoms with Gasteiger partial charge < -0.3 is 10.2 Å². The van der Waals surface area contributed by atoms with Gasteiger partial charge in [0.25, 0.3) is 0 Å². The number of carbonyl (C=O) groups excluding carboxylic acids is 1. The van der Waals surface area contributed by atoms with Gasteiger partial charge >= 0.3 is 0 Å². The van der Waals surface area contributed by atoms with Gasteiger partial charge in [0.15, 0.2) is 5.78 Å². The molecule has 1 aliphatic heterocycles. The summed E-state index contributed by atoms with van der Waals surface area (Å²) in [6, 6.07) is 8.00.